The number of hydrogen-bond donors (Lipinski definition) is 2. The minimum Gasteiger partial charge on any atom is -0.355 e. The second kappa shape index (κ2) is 6.95. The zero-order valence-electron chi connectivity index (χ0n) is 17.0. The Morgan fingerprint density at radius 3 is 2.00 bits per heavy atom. The molecule has 6 heteroatoms. The average Bonchev–Trinajstić information content (AvgIpc) is 3.56. The van der Waals surface area contributed by atoms with Crippen molar-refractivity contribution in [2.75, 3.05) is 0 Å². The molecule has 150 valence electrons. The van der Waals surface area contributed by atoms with Crippen LogP contribution in [-0.2, 0) is 6.54 Å². The summed E-state index contributed by atoms with van der Waals surface area (Å²) in [6, 6.07) is 14.5. The molecule has 2 N–H and O–H groups in total. The number of aromatic nitrogens is 6. The molecule has 0 radical (unpaired) electrons. The van der Waals surface area contributed by atoms with Crippen LogP contribution in [0, 0.1) is 0 Å². The van der Waals surface area contributed by atoms with Crippen molar-refractivity contribution in [1.82, 2.24) is 29.5 Å². The standard InChI is InChI=1S/C25H20N6/c1-2-31-10-9-26-25(31)23-14-22-13-20-6-5-18(28-20)11-16-3-4-17(27-16)12-19-7-8-21(29-19)15-24(23)30-22/h3-15,27,30H,2H2,1H3. The van der Waals surface area contributed by atoms with Crippen LogP contribution < -0.4 is 0 Å². The second-order valence-electron chi connectivity index (χ2n) is 7.62. The highest BCUT2D eigenvalue weighted by Gasteiger charge is 2.11. The summed E-state index contributed by atoms with van der Waals surface area (Å²) in [5, 5.41) is 0. The van der Waals surface area contributed by atoms with E-state index in [9.17, 15) is 0 Å². The third kappa shape index (κ3) is 3.28. The summed E-state index contributed by atoms with van der Waals surface area (Å²) in [4.78, 5) is 21.1. The van der Waals surface area contributed by atoms with Gasteiger partial charge in [-0.3, -0.25) is 0 Å². The number of fused-ring (bicyclic) bond motifs is 8. The van der Waals surface area contributed by atoms with E-state index in [2.05, 4.69) is 56.8 Å². The molecule has 6 rings (SSSR count). The van der Waals surface area contributed by atoms with Crippen LogP contribution in [0.25, 0.3) is 57.8 Å². The van der Waals surface area contributed by atoms with Crippen LogP contribution in [0.2, 0.25) is 0 Å². The molecule has 0 atom stereocenters. The van der Waals surface area contributed by atoms with E-state index in [-0.39, 0.29) is 0 Å². The first-order chi connectivity index (χ1) is 15.2. The minimum absolute atomic E-state index is 0.855. The number of aromatic amines is 2. The lowest BCUT2D eigenvalue weighted by Crippen LogP contribution is -1.95. The smallest absolute Gasteiger partial charge is 0.142 e. The van der Waals surface area contributed by atoms with Crippen molar-refractivity contribution in [2.24, 2.45) is 0 Å². The van der Waals surface area contributed by atoms with Gasteiger partial charge in [0, 0.05) is 41.1 Å². The largest absolute Gasteiger partial charge is 0.355 e. The number of aryl methyl sites for hydroxylation is 1. The molecule has 0 amide bonds. The van der Waals surface area contributed by atoms with Crippen molar-refractivity contribution in [1.29, 1.82) is 0 Å². The Bertz CT molecular complexity index is 1530. The van der Waals surface area contributed by atoms with Gasteiger partial charge in [0.15, 0.2) is 0 Å². The molecule has 6 heterocycles. The molecule has 0 unspecified atom stereocenters. The van der Waals surface area contributed by atoms with Crippen LogP contribution in [0.3, 0.4) is 0 Å². The predicted molar refractivity (Wildman–Crippen MR) is 126 cm³/mol. The molecule has 0 saturated heterocycles. The molecular formula is C25H20N6. The van der Waals surface area contributed by atoms with Gasteiger partial charge in [0.2, 0.25) is 0 Å². The number of nitrogens with zero attached hydrogens (tertiary/aromatic N) is 4. The summed E-state index contributed by atoms with van der Waals surface area (Å²) in [6.45, 7) is 2.97. The topological polar surface area (TPSA) is 75.2 Å². The van der Waals surface area contributed by atoms with E-state index in [1.165, 1.54) is 0 Å². The molecule has 0 spiro atoms. The highest BCUT2D eigenvalue weighted by Crippen LogP contribution is 2.26. The van der Waals surface area contributed by atoms with E-state index < -0.39 is 0 Å². The summed E-state index contributed by atoms with van der Waals surface area (Å²) in [5.41, 5.74) is 8.65. The van der Waals surface area contributed by atoms with E-state index in [0.717, 1.165) is 62.8 Å². The molecule has 0 fully saturated rings. The lowest BCUT2D eigenvalue weighted by atomic mass is 10.2. The van der Waals surface area contributed by atoms with Gasteiger partial charge in [-0.25, -0.2) is 15.0 Å². The summed E-state index contributed by atoms with van der Waals surface area (Å²) < 4.78 is 2.14. The molecule has 0 saturated carbocycles. The van der Waals surface area contributed by atoms with Crippen molar-refractivity contribution in [2.45, 2.75) is 13.5 Å². The van der Waals surface area contributed by atoms with Gasteiger partial charge in [-0.2, -0.15) is 0 Å². The Labute approximate surface area is 178 Å². The maximum absolute atomic E-state index is 4.77. The molecule has 4 aromatic heterocycles. The maximum Gasteiger partial charge on any atom is 0.142 e. The first kappa shape index (κ1) is 17.7. The number of H-pyrrole nitrogens is 2. The van der Waals surface area contributed by atoms with Gasteiger partial charge in [0.05, 0.1) is 28.3 Å². The highest BCUT2D eigenvalue weighted by molar-refractivity contribution is 5.85. The quantitative estimate of drug-likeness (QED) is 0.398. The molecule has 2 aliphatic heterocycles. The first-order valence-electron chi connectivity index (χ1n) is 10.3. The lowest BCUT2D eigenvalue weighted by molar-refractivity contribution is 0.771. The van der Waals surface area contributed by atoms with E-state index >= 15 is 0 Å². The van der Waals surface area contributed by atoms with Gasteiger partial charge >= 0.3 is 0 Å². The third-order valence-electron chi connectivity index (χ3n) is 5.47. The van der Waals surface area contributed by atoms with E-state index in [1.54, 1.807) is 0 Å². The van der Waals surface area contributed by atoms with Crippen LogP contribution in [0.1, 0.15) is 29.7 Å². The number of imidazole rings is 1. The zero-order chi connectivity index (χ0) is 20.8. The van der Waals surface area contributed by atoms with Gasteiger partial charge < -0.3 is 14.5 Å². The molecule has 31 heavy (non-hydrogen) atoms. The fraction of sp³-hybridized carbons (Fsp3) is 0.0800. The Kier molecular flexibility index (Phi) is 3.96. The minimum atomic E-state index is 0.855. The van der Waals surface area contributed by atoms with Crippen LogP contribution in [0.15, 0.2) is 54.9 Å². The van der Waals surface area contributed by atoms with Crippen LogP contribution in [0.5, 0.6) is 0 Å². The molecule has 6 nitrogen and oxygen atoms in total. The van der Waals surface area contributed by atoms with Gasteiger partial charge in [0.25, 0.3) is 0 Å². The Hall–Kier alpha value is -4.19. The number of hydrogen-bond acceptors (Lipinski definition) is 3. The number of nitrogens with one attached hydrogen (secondary N) is 2. The molecule has 2 aliphatic rings. The number of rotatable bonds is 2. The van der Waals surface area contributed by atoms with Crippen LogP contribution in [-0.4, -0.2) is 29.5 Å². The second-order valence-corrected chi connectivity index (χ2v) is 7.62. The van der Waals surface area contributed by atoms with Crippen LogP contribution in [0.4, 0.5) is 0 Å². The van der Waals surface area contributed by atoms with Gasteiger partial charge in [0.1, 0.15) is 5.82 Å². The maximum atomic E-state index is 4.77. The monoisotopic (exact) mass is 404 g/mol. The van der Waals surface area contributed by atoms with E-state index in [0.29, 0.717) is 0 Å². The normalized spacial score (nSPS) is 12.5. The Morgan fingerprint density at radius 1 is 0.742 bits per heavy atom. The van der Waals surface area contributed by atoms with Crippen molar-refractivity contribution in [3.05, 3.63) is 77.6 Å². The average molecular weight is 404 g/mol. The first-order valence-corrected chi connectivity index (χ1v) is 10.3. The molecule has 8 bridgehead atoms. The van der Waals surface area contributed by atoms with Crippen molar-refractivity contribution in [3.8, 4) is 11.4 Å². The predicted octanol–water partition coefficient (Wildman–Crippen LogP) is 5.54. The molecule has 0 aromatic carbocycles. The van der Waals surface area contributed by atoms with Gasteiger partial charge in [-0.1, -0.05) is 0 Å². The van der Waals surface area contributed by atoms with E-state index in [4.69, 9.17) is 9.97 Å². The zero-order valence-corrected chi connectivity index (χ0v) is 17.0. The van der Waals surface area contributed by atoms with Gasteiger partial charge in [-0.05, 0) is 73.7 Å². The summed E-state index contributed by atoms with van der Waals surface area (Å²) in [5.74, 6) is 0.934. The molecular weight excluding hydrogens is 384 g/mol. The van der Waals surface area contributed by atoms with Gasteiger partial charge in [-0.15, -0.1) is 0 Å². The molecule has 4 aromatic rings. The summed E-state index contributed by atoms with van der Waals surface area (Å²) in [6.07, 6.45) is 12.0. The van der Waals surface area contributed by atoms with Crippen molar-refractivity contribution in [3.63, 3.8) is 0 Å². The fourth-order valence-electron chi connectivity index (χ4n) is 4.01. The molecule has 0 aliphatic carbocycles. The third-order valence-corrected chi connectivity index (χ3v) is 5.47. The van der Waals surface area contributed by atoms with E-state index in [1.807, 2.05) is 48.8 Å². The fourth-order valence-corrected chi connectivity index (χ4v) is 4.01. The van der Waals surface area contributed by atoms with Crippen LogP contribution >= 0.6 is 0 Å². The highest BCUT2D eigenvalue weighted by atomic mass is 15.1. The Morgan fingerprint density at radius 2 is 1.35 bits per heavy atom. The summed E-state index contributed by atoms with van der Waals surface area (Å²) in [7, 11) is 0. The Balaban J connectivity index is 1.68. The van der Waals surface area contributed by atoms with Crippen molar-refractivity contribution < 1.29 is 0 Å². The van der Waals surface area contributed by atoms with Crippen molar-refractivity contribution >= 4 is 46.4 Å². The lowest BCUT2D eigenvalue weighted by Gasteiger charge is -2.02. The summed E-state index contributed by atoms with van der Waals surface area (Å²) >= 11 is 0. The SMILES string of the molecule is CCn1ccnc1-c1cc2cc3nc(cc4ccc(cc5nc(cc1[nH]2)C=C5)[nH]4)C=C3.